The Kier molecular flexibility index (Phi) is 6.06. The van der Waals surface area contributed by atoms with Gasteiger partial charge in [-0.15, -0.1) is 0 Å². The normalized spacial score (nSPS) is 27.9. The van der Waals surface area contributed by atoms with Crippen molar-refractivity contribution in [3.63, 3.8) is 0 Å². The topological polar surface area (TPSA) is 15.3 Å². The van der Waals surface area contributed by atoms with E-state index >= 15 is 0 Å². The fourth-order valence-corrected chi connectivity index (χ4v) is 4.29. The number of thioether (sulfide) groups is 1. The predicted octanol–water partition coefficient (Wildman–Crippen LogP) is 2.90. The Hall–Kier alpha value is 0.01000. The van der Waals surface area contributed by atoms with Crippen molar-refractivity contribution in [2.75, 3.05) is 31.6 Å². The van der Waals surface area contributed by atoms with E-state index in [2.05, 4.69) is 42.0 Å². The average molecular weight is 268 g/mol. The number of allylic oxidation sites excluding steroid dienone is 1. The van der Waals surface area contributed by atoms with Gasteiger partial charge in [0.1, 0.15) is 0 Å². The monoisotopic (exact) mass is 268 g/mol. The number of nitrogens with one attached hydrogen (secondary N) is 1. The Morgan fingerprint density at radius 1 is 1.50 bits per heavy atom. The first-order chi connectivity index (χ1) is 8.83. The largest absolute Gasteiger partial charge is 0.309 e. The summed E-state index contributed by atoms with van der Waals surface area (Å²) in [5.41, 5.74) is 1.69. The molecule has 0 saturated carbocycles. The Morgan fingerprint density at radius 2 is 2.39 bits per heavy atom. The van der Waals surface area contributed by atoms with Gasteiger partial charge in [-0.3, -0.25) is 4.90 Å². The molecule has 1 heterocycles. The van der Waals surface area contributed by atoms with Crippen LogP contribution in [0.1, 0.15) is 39.0 Å². The first kappa shape index (κ1) is 14.4. The lowest BCUT2D eigenvalue weighted by atomic mass is 9.89. The van der Waals surface area contributed by atoms with Gasteiger partial charge in [0, 0.05) is 30.1 Å². The van der Waals surface area contributed by atoms with E-state index in [0.717, 1.165) is 6.54 Å². The fraction of sp³-hybridized carbons (Fsp3) is 0.867. The zero-order valence-electron chi connectivity index (χ0n) is 12.0. The second-order valence-electron chi connectivity index (χ2n) is 5.58. The summed E-state index contributed by atoms with van der Waals surface area (Å²) in [4.78, 5) is 2.57. The molecule has 2 aliphatic rings. The van der Waals surface area contributed by atoms with Crippen LogP contribution in [0, 0.1) is 0 Å². The molecule has 0 aromatic rings. The molecule has 2 rings (SSSR count). The number of hydrogen-bond donors (Lipinski definition) is 1. The van der Waals surface area contributed by atoms with Crippen LogP contribution < -0.4 is 5.32 Å². The molecule has 2 unspecified atom stereocenters. The van der Waals surface area contributed by atoms with Crippen molar-refractivity contribution in [2.45, 2.75) is 51.1 Å². The van der Waals surface area contributed by atoms with Crippen LogP contribution in [0.5, 0.6) is 0 Å². The number of nitrogens with zero attached hydrogens (tertiary/aromatic N) is 1. The van der Waals surface area contributed by atoms with E-state index in [4.69, 9.17) is 0 Å². The SMILES string of the molecule is CCCNC(C1=CCCCC1)C1CSCCN1C. The molecule has 1 aliphatic carbocycles. The van der Waals surface area contributed by atoms with E-state index < -0.39 is 0 Å². The molecule has 2 atom stereocenters. The van der Waals surface area contributed by atoms with E-state index in [9.17, 15) is 0 Å². The molecule has 0 amide bonds. The highest BCUT2D eigenvalue weighted by atomic mass is 32.2. The standard InChI is InChI=1S/C15H28N2S/c1-3-9-16-15(13-7-5-4-6-8-13)14-12-18-11-10-17(14)2/h7,14-16H,3-6,8-12H2,1-2H3. The summed E-state index contributed by atoms with van der Waals surface area (Å²) in [7, 11) is 2.30. The molecule has 0 aromatic carbocycles. The summed E-state index contributed by atoms with van der Waals surface area (Å²) in [6.07, 6.45) is 9.13. The van der Waals surface area contributed by atoms with E-state index in [1.807, 2.05) is 0 Å². The van der Waals surface area contributed by atoms with Gasteiger partial charge in [0.2, 0.25) is 0 Å². The van der Waals surface area contributed by atoms with Crippen molar-refractivity contribution in [3.05, 3.63) is 11.6 Å². The summed E-state index contributed by atoms with van der Waals surface area (Å²) in [5, 5.41) is 3.82. The third-order valence-electron chi connectivity index (χ3n) is 4.17. The van der Waals surface area contributed by atoms with Crippen molar-refractivity contribution in [2.24, 2.45) is 0 Å². The van der Waals surface area contributed by atoms with Gasteiger partial charge in [-0.25, -0.2) is 0 Å². The first-order valence-corrected chi connectivity index (χ1v) is 8.68. The lowest BCUT2D eigenvalue weighted by Gasteiger charge is -2.40. The highest BCUT2D eigenvalue weighted by Gasteiger charge is 2.30. The Morgan fingerprint density at radius 3 is 3.06 bits per heavy atom. The van der Waals surface area contributed by atoms with Crippen LogP contribution in [0.25, 0.3) is 0 Å². The minimum Gasteiger partial charge on any atom is -0.309 e. The summed E-state index contributed by atoms with van der Waals surface area (Å²) in [6.45, 7) is 4.66. The van der Waals surface area contributed by atoms with E-state index in [0.29, 0.717) is 12.1 Å². The number of rotatable bonds is 5. The van der Waals surface area contributed by atoms with Crippen LogP contribution in [-0.2, 0) is 0 Å². The van der Waals surface area contributed by atoms with E-state index in [1.54, 1.807) is 5.57 Å². The molecule has 18 heavy (non-hydrogen) atoms. The van der Waals surface area contributed by atoms with Crippen LogP contribution >= 0.6 is 11.8 Å². The second-order valence-corrected chi connectivity index (χ2v) is 6.73. The lowest BCUT2D eigenvalue weighted by Crippen LogP contribution is -2.53. The zero-order chi connectivity index (χ0) is 12.8. The molecule has 0 radical (unpaired) electrons. The van der Waals surface area contributed by atoms with Crippen molar-refractivity contribution in [1.29, 1.82) is 0 Å². The van der Waals surface area contributed by atoms with Crippen molar-refractivity contribution in [3.8, 4) is 0 Å². The second kappa shape index (κ2) is 7.56. The first-order valence-electron chi connectivity index (χ1n) is 7.53. The number of likely N-dealkylation sites (N-methyl/N-ethyl adjacent to an activating group) is 1. The van der Waals surface area contributed by atoms with Gasteiger partial charge in [-0.05, 0) is 45.7 Å². The lowest BCUT2D eigenvalue weighted by molar-refractivity contribution is 0.227. The molecule has 0 aromatic heterocycles. The Bertz CT molecular complexity index is 278. The van der Waals surface area contributed by atoms with Gasteiger partial charge >= 0.3 is 0 Å². The third kappa shape index (κ3) is 3.75. The molecule has 1 N–H and O–H groups in total. The van der Waals surface area contributed by atoms with Crippen LogP contribution in [0.2, 0.25) is 0 Å². The van der Waals surface area contributed by atoms with Crippen LogP contribution in [-0.4, -0.2) is 48.6 Å². The molecule has 104 valence electrons. The van der Waals surface area contributed by atoms with Crippen LogP contribution in [0.15, 0.2) is 11.6 Å². The molecule has 3 heteroatoms. The van der Waals surface area contributed by atoms with Crippen LogP contribution in [0.3, 0.4) is 0 Å². The molecular formula is C15H28N2S. The fourth-order valence-electron chi connectivity index (χ4n) is 3.02. The molecule has 0 spiro atoms. The third-order valence-corrected chi connectivity index (χ3v) is 5.22. The minimum atomic E-state index is 0.600. The van der Waals surface area contributed by atoms with Crippen molar-refractivity contribution >= 4 is 11.8 Å². The molecular weight excluding hydrogens is 240 g/mol. The van der Waals surface area contributed by atoms with Gasteiger partial charge in [-0.2, -0.15) is 11.8 Å². The molecule has 2 nitrogen and oxygen atoms in total. The summed E-state index contributed by atoms with van der Waals surface area (Å²) >= 11 is 2.12. The van der Waals surface area contributed by atoms with Crippen molar-refractivity contribution < 1.29 is 0 Å². The summed E-state index contributed by atoms with van der Waals surface area (Å²) < 4.78 is 0. The molecule has 1 aliphatic heterocycles. The highest BCUT2D eigenvalue weighted by Crippen LogP contribution is 2.27. The zero-order valence-corrected chi connectivity index (χ0v) is 12.8. The van der Waals surface area contributed by atoms with Gasteiger partial charge in [0.25, 0.3) is 0 Å². The Labute approximate surface area is 117 Å². The molecule has 1 fully saturated rings. The van der Waals surface area contributed by atoms with Gasteiger partial charge in [0.05, 0.1) is 0 Å². The maximum absolute atomic E-state index is 3.82. The molecule has 0 bridgehead atoms. The maximum Gasteiger partial charge on any atom is 0.0445 e. The quantitative estimate of drug-likeness (QED) is 0.772. The highest BCUT2D eigenvalue weighted by molar-refractivity contribution is 7.99. The Balaban J connectivity index is 2.05. The summed E-state index contributed by atoms with van der Waals surface area (Å²) in [5.74, 6) is 2.59. The van der Waals surface area contributed by atoms with Crippen LogP contribution in [0.4, 0.5) is 0 Å². The smallest absolute Gasteiger partial charge is 0.0445 e. The molecule has 1 saturated heterocycles. The van der Waals surface area contributed by atoms with E-state index in [-0.39, 0.29) is 0 Å². The average Bonchev–Trinajstić information content (AvgIpc) is 2.42. The van der Waals surface area contributed by atoms with Crippen molar-refractivity contribution in [1.82, 2.24) is 10.2 Å². The van der Waals surface area contributed by atoms with Gasteiger partial charge < -0.3 is 5.32 Å². The minimum absolute atomic E-state index is 0.600. The predicted molar refractivity (Wildman–Crippen MR) is 82.4 cm³/mol. The summed E-state index contributed by atoms with van der Waals surface area (Å²) in [6, 6.07) is 1.29. The van der Waals surface area contributed by atoms with Gasteiger partial charge in [0.15, 0.2) is 0 Å². The van der Waals surface area contributed by atoms with Gasteiger partial charge in [-0.1, -0.05) is 18.6 Å². The van der Waals surface area contributed by atoms with E-state index in [1.165, 1.54) is 50.2 Å². The maximum atomic E-state index is 3.82. The number of hydrogen-bond acceptors (Lipinski definition) is 3.